The van der Waals surface area contributed by atoms with Crippen LogP contribution < -0.4 is 4.74 Å². The summed E-state index contributed by atoms with van der Waals surface area (Å²) in [6.45, 7) is 0. The molecule has 11 heteroatoms. The fourth-order valence-corrected chi connectivity index (χ4v) is 4.30. The van der Waals surface area contributed by atoms with E-state index in [1.807, 2.05) is 30.3 Å². The summed E-state index contributed by atoms with van der Waals surface area (Å²) in [7, 11) is 1.42. The van der Waals surface area contributed by atoms with E-state index in [4.69, 9.17) is 14.6 Å². The molecule has 0 atom stereocenters. The van der Waals surface area contributed by atoms with Gasteiger partial charge in [-0.05, 0) is 42.1 Å². The number of methoxy groups -OCH3 is 1. The highest BCUT2D eigenvalue weighted by Gasteiger charge is 2.36. The zero-order chi connectivity index (χ0) is 23.8. The normalized spacial score (nSPS) is 16.4. The van der Waals surface area contributed by atoms with Crippen LogP contribution in [0.1, 0.15) is 11.3 Å². The van der Waals surface area contributed by atoms with Gasteiger partial charge in [-0.25, -0.2) is 0 Å². The van der Waals surface area contributed by atoms with E-state index < -0.39 is 10.8 Å². The fourth-order valence-electron chi connectivity index (χ4n) is 3.40. The molecule has 3 heterocycles. The third kappa shape index (κ3) is 3.77. The Morgan fingerprint density at radius 3 is 2.71 bits per heavy atom. The van der Waals surface area contributed by atoms with E-state index >= 15 is 0 Å². The predicted octanol–water partition coefficient (Wildman–Crippen LogP) is 4.53. The SMILES string of the molecule is COc1ccc(-c2ccc(/C=C3/C(=N)N4N=C(c5ccccc5)SC4=NC3=O)o2)c([N+](=O)[O-])c1. The quantitative estimate of drug-likeness (QED) is 0.327. The van der Waals surface area contributed by atoms with Gasteiger partial charge in [0.1, 0.15) is 22.3 Å². The fraction of sp³-hybridized carbons (Fsp3) is 0.0435. The van der Waals surface area contributed by atoms with E-state index in [0.717, 1.165) is 5.56 Å². The molecule has 3 aromatic rings. The number of benzene rings is 2. The second-order valence-corrected chi connectivity index (χ2v) is 8.09. The zero-order valence-corrected chi connectivity index (χ0v) is 18.4. The number of nitrogens with zero attached hydrogens (tertiary/aromatic N) is 4. The molecule has 168 valence electrons. The lowest BCUT2D eigenvalue weighted by atomic mass is 10.1. The van der Waals surface area contributed by atoms with Crippen molar-refractivity contribution >= 4 is 45.5 Å². The molecule has 0 radical (unpaired) electrons. The van der Waals surface area contributed by atoms with Gasteiger partial charge in [0, 0.05) is 5.56 Å². The number of hydrogen-bond donors (Lipinski definition) is 1. The number of carbonyl (C=O) groups is 1. The van der Waals surface area contributed by atoms with Crippen LogP contribution in [0.3, 0.4) is 0 Å². The molecule has 0 spiro atoms. The third-order valence-electron chi connectivity index (χ3n) is 5.06. The number of aliphatic imine (C=N–C) groups is 1. The number of furan rings is 1. The smallest absolute Gasteiger partial charge is 0.284 e. The van der Waals surface area contributed by atoms with Crippen molar-refractivity contribution in [2.24, 2.45) is 10.1 Å². The minimum absolute atomic E-state index is 0.00691. The first kappa shape index (κ1) is 21.3. The van der Waals surface area contributed by atoms with E-state index in [2.05, 4.69) is 10.1 Å². The molecule has 0 saturated carbocycles. The minimum atomic E-state index is -0.596. The minimum Gasteiger partial charge on any atom is -0.497 e. The molecule has 0 unspecified atom stereocenters. The van der Waals surface area contributed by atoms with Crippen molar-refractivity contribution < 1.29 is 18.9 Å². The van der Waals surface area contributed by atoms with E-state index in [1.165, 1.54) is 42.1 Å². The van der Waals surface area contributed by atoms with E-state index in [1.54, 1.807) is 18.2 Å². The van der Waals surface area contributed by atoms with Crippen molar-refractivity contribution in [2.75, 3.05) is 7.11 Å². The molecule has 1 N–H and O–H groups in total. The van der Waals surface area contributed by atoms with Crippen LogP contribution in [0.5, 0.6) is 5.75 Å². The largest absolute Gasteiger partial charge is 0.497 e. The molecule has 2 aliphatic heterocycles. The molecule has 5 rings (SSSR count). The Kier molecular flexibility index (Phi) is 5.30. The number of amides is 1. The summed E-state index contributed by atoms with van der Waals surface area (Å²) in [6.07, 6.45) is 1.38. The van der Waals surface area contributed by atoms with Crippen molar-refractivity contribution in [3.63, 3.8) is 0 Å². The van der Waals surface area contributed by atoms with Gasteiger partial charge in [-0.1, -0.05) is 30.3 Å². The van der Waals surface area contributed by atoms with Gasteiger partial charge in [-0.2, -0.15) is 15.1 Å². The Bertz CT molecular complexity index is 1440. The molecule has 0 aliphatic carbocycles. The molecule has 2 aromatic carbocycles. The van der Waals surface area contributed by atoms with Gasteiger partial charge >= 0.3 is 0 Å². The predicted molar refractivity (Wildman–Crippen MR) is 128 cm³/mol. The number of fused-ring (bicyclic) bond motifs is 1. The average molecular weight is 473 g/mol. The van der Waals surface area contributed by atoms with Gasteiger partial charge < -0.3 is 9.15 Å². The van der Waals surface area contributed by atoms with Gasteiger partial charge in [0.15, 0.2) is 5.84 Å². The first-order valence-electron chi connectivity index (χ1n) is 9.93. The van der Waals surface area contributed by atoms with Gasteiger partial charge in [-0.3, -0.25) is 20.3 Å². The molecule has 0 bridgehead atoms. The third-order valence-corrected chi connectivity index (χ3v) is 6.01. The number of ether oxygens (including phenoxy) is 1. The number of hydrogen-bond acceptors (Lipinski definition) is 8. The summed E-state index contributed by atoms with van der Waals surface area (Å²) in [5.41, 5.74) is 0.925. The van der Waals surface area contributed by atoms with Crippen LogP contribution in [0.25, 0.3) is 17.4 Å². The Morgan fingerprint density at radius 1 is 1.18 bits per heavy atom. The zero-order valence-electron chi connectivity index (χ0n) is 17.6. The van der Waals surface area contributed by atoms with Gasteiger partial charge in [0.25, 0.3) is 11.6 Å². The molecule has 34 heavy (non-hydrogen) atoms. The Morgan fingerprint density at radius 2 is 1.97 bits per heavy atom. The highest BCUT2D eigenvalue weighted by Crippen LogP contribution is 2.35. The second-order valence-electron chi connectivity index (χ2n) is 7.13. The Balaban J connectivity index is 1.46. The van der Waals surface area contributed by atoms with Gasteiger partial charge in [0.2, 0.25) is 5.17 Å². The van der Waals surface area contributed by atoms with Crippen LogP contribution in [0, 0.1) is 15.5 Å². The molecule has 10 nitrogen and oxygen atoms in total. The summed E-state index contributed by atoms with van der Waals surface area (Å²) in [5, 5.41) is 26.7. The van der Waals surface area contributed by atoms with Crippen molar-refractivity contribution in [3.8, 4) is 17.1 Å². The lowest BCUT2D eigenvalue weighted by Crippen LogP contribution is -2.35. The van der Waals surface area contributed by atoms with Crippen LogP contribution in [-0.2, 0) is 4.79 Å². The molecular formula is C23H15N5O5S. The van der Waals surface area contributed by atoms with Crippen molar-refractivity contribution in [1.82, 2.24) is 5.01 Å². The number of nitro benzene ring substituents is 1. The van der Waals surface area contributed by atoms with Crippen molar-refractivity contribution in [3.05, 3.63) is 87.7 Å². The maximum atomic E-state index is 12.7. The van der Waals surface area contributed by atoms with E-state index in [0.29, 0.717) is 16.0 Å². The lowest BCUT2D eigenvalue weighted by Gasteiger charge is -2.19. The number of amidine groups is 2. The van der Waals surface area contributed by atoms with E-state index in [9.17, 15) is 14.9 Å². The average Bonchev–Trinajstić information content (AvgIpc) is 3.49. The summed E-state index contributed by atoms with van der Waals surface area (Å²) in [5.74, 6) is 0.0916. The summed E-state index contributed by atoms with van der Waals surface area (Å²) < 4.78 is 10.8. The second kappa shape index (κ2) is 8.45. The van der Waals surface area contributed by atoms with Gasteiger partial charge in [-0.15, -0.1) is 0 Å². The van der Waals surface area contributed by atoms with Crippen LogP contribution in [0.15, 0.2) is 80.7 Å². The number of thioether (sulfide) groups is 1. The highest BCUT2D eigenvalue weighted by molar-refractivity contribution is 8.27. The first-order chi connectivity index (χ1) is 16.4. The summed E-state index contributed by atoms with van der Waals surface area (Å²) >= 11 is 1.21. The highest BCUT2D eigenvalue weighted by atomic mass is 32.2. The molecular weight excluding hydrogens is 458 g/mol. The van der Waals surface area contributed by atoms with E-state index in [-0.39, 0.29) is 34.2 Å². The van der Waals surface area contributed by atoms with Crippen molar-refractivity contribution in [1.29, 1.82) is 5.41 Å². The molecule has 2 aliphatic rings. The number of nitro groups is 1. The molecule has 0 saturated heterocycles. The Labute approximate surface area is 196 Å². The van der Waals surface area contributed by atoms with Crippen LogP contribution >= 0.6 is 11.8 Å². The number of carbonyl (C=O) groups excluding carboxylic acids is 1. The van der Waals surface area contributed by atoms with Crippen LogP contribution in [0.2, 0.25) is 0 Å². The lowest BCUT2D eigenvalue weighted by molar-refractivity contribution is -0.384. The number of rotatable bonds is 5. The van der Waals surface area contributed by atoms with Crippen LogP contribution in [0.4, 0.5) is 5.69 Å². The van der Waals surface area contributed by atoms with Crippen LogP contribution in [-0.4, -0.2) is 39.0 Å². The Hall–Kier alpha value is -4.51. The standard InChI is InChI=1S/C23H15N5O5S/c1-32-14-7-9-16(18(12-14)28(30)31)19-10-8-15(33-19)11-17-20(24)27-23(25-21(17)29)34-22(26-27)13-5-3-2-4-6-13/h2-12,24H,1H3/b17-11-,24-20?. The molecule has 0 fully saturated rings. The number of hydrazone groups is 1. The molecule has 1 aromatic heterocycles. The maximum absolute atomic E-state index is 12.7. The maximum Gasteiger partial charge on any atom is 0.284 e. The number of nitrogens with one attached hydrogen (secondary N) is 1. The first-order valence-corrected chi connectivity index (χ1v) is 10.7. The van der Waals surface area contributed by atoms with Gasteiger partial charge in [0.05, 0.1) is 29.2 Å². The topological polar surface area (TPSA) is 134 Å². The summed E-state index contributed by atoms with van der Waals surface area (Å²) in [4.78, 5) is 27.7. The molecule has 1 amide bonds. The van der Waals surface area contributed by atoms with Crippen molar-refractivity contribution in [2.45, 2.75) is 0 Å². The summed E-state index contributed by atoms with van der Waals surface area (Å²) in [6, 6.07) is 17.0. The monoisotopic (exact) mass is 473 g/mol.